The maximum absolute atomic E-state index is 12.2. The number of aromatic nitrogens is 1. The second kappa shape index (κ2) is 7.15. The Hall–Kier alpha value is -2.18. The van der Waals surface area contributed by atoms with Gasteiger partial charge in [-0.2, -0.15) is 0 Å². The number of amides is 1. The highest BCUT2D eigenvalue weighted by atomic mass is 16.3. The highest BCUT2D eigenvalue weighted by molar-refractivity contribution is 5.83. The predicted octanol–water partition coefficient (Wildman–Crippen LogP) is 0.642. The number of β-amino-alcohol motifs (C(OH)–C–C–N with tert-alkyl or cyclic N) is 1. The molecular formula is C18H23N3O3. The van der Waals surface area contributed by atoms with Gasteiger partial charge in [0.1, 0.15) is 0 Å². The molecule has 2 aromatic rings. The van der Waals surface area contributed by atoms with Gasteiger partial charge in [0.2, 0.25) is 11.5 Å². The topological polar surface area (TPSA) is 85.4 Å². The first-order valence-corrected chi connectivity index (χ1v) is 8.31. The van der Waals surface area contributed by atoms with Crippen LogP contribution in [0.2, 0.25) is 0 Å². The van der Waals surface area contributed by atoms with Gasteiger partial charge in [0, 0.05) is 37.3 Å². The van der Waals surface area contributed by atoms with Crippen molar-refractivity contribution < 1.29 is 9.90 Å². The molecule has 2 heterocycles. The van der Waals surface area contributed by atoms with Gasteiger partial charge in [-0.3, -0.25) is 14.5 Å². The number of hydrogen-bond acceptors (Lipinski definition) is 4. The molecule has 0 aliphatic carbocycles. The van der Waals surface area contributed by atoms with E-state index in [1.807, 2.05) is 25.1 Å². The summed E-state index contributed by atoms with van der Waals surface area (Å²) in [6.45, 7) is 4.29. The Morgan fingerprint density at radius 2 is 2.25 bits per heavy atom. The van der Waals surface area contributed by atoms with Crippen LogP contribution in [-0.4, -0.2) is 52.7 Å². The van der Waals surface area contributed by atoms with Crippen molar-refractivity contribution >= 4 is 16.8 Å². The lowest BCUT2D eigenvalue weighted by molar-refractivity contribution is -0.121. The van der Waals surface area contributed by atoms with Crippen molar-refractivity contribution in [3.63, 3.8) is 0 Å². The Morgan fingerprint density at radius 3 is 3.00 bits per heavy atom. The van der Waals surface area contributed by atoms with Crippen molar-refractivity contribution in [2.75, 3.05) is 19.6 Å². The summed E-state index contributed by atoms with van der Waals surface area (Å²) in [6, 6.07) is 8.90. The zero-order valence-electron chi connectivity index (χ0n) is 13.8. The van der Waals surface area contributed by atoms with Gasteiger partial charge in [-0.15, -0.1) is 0 Å². The van der Waals surface area contributed by atoms with Crippen LogP contribution in [0.25, 0.3) is 10.9 Å². The number of pyridine rings is 1. The van der Waals surface area contributed by atoms with E-state index in [0.29, 0.717) is 13.0 Å². The minimum Gasteiger partial charge on any atom is -0.392 e. The molecule has 0 radical (unpaired) electrons. The Bertz CT molecular complexity index is 786. The zero-order chi connectivity index (χ0) is 17.1. The number of nitrogens with one attached hydrogen (secondary N) is 2. The van der Waals surface area contributed by atoms with E-state index in [9.17, 15) is 14.7 Å². The molecular weight excluding hydrogens is 306 g/mol. The normalized spacial score (nSPS) is 19.5. The second-order valence-electron chi connectivity index (χ2n) is 6.59. The van der Waals surface area contributed by atoms with Crippen LogP contribution in [0.5, 0.6) is 0 Å². The Morgan fingerprint density at radius 1 is 1.42 bits per heavy atom. The van der Waals surface area contributed by atoms with Gasteiger partial charge in [-0.05, 0) is 42.5 Å². The predicted molar refractivity (Wildman–Crippen MR) is 92.9 cm³/mol. The molecule has 0 saturated carbocycles. The van der Waals surface area contributed by atoms with Crippen LogP contribution >= 0.6 is 0 Å². The van der Waals surface area contributed by atoms with Crippen LogP contribution in [0.3, 0.4) is 0 Å². The number of aliphatic hydroxyl groups is 1. The molecule has 1 aliphatic rings. The maximum atomic E-state index is 12.2. The lowest BCUT2D eigenvalue weighted by Gasteiger charge is -2.21. The molecule has 6 nitrogen and oxygen atoms in total. The molecule has 2 atom stereocenters. The van der Waals surface area contributed by atoms with Crippen LogP contribution in [-0.2, 0) is 11.2 Å². The number of H-pyrrole nitrogens is 1. The molecule has 3 N–H and O–H groups in total. The zero-order valence-corrected chi connectivity index (χ0v) is 13.8. The molecule has 1 fully saturated rings. The molecule has 1 saturated heterocycles. The van der Waals surface area contributed by atoms with Gasteiger partial charge >= 0.3 is 0 Å². The maximum Gasteiger partial charge on any atom is 0.248 e. The van der Waals surface area contributed by atoms with Crippen molar-refractivity contribution in [2.24, 2.45) is 0 Å². The van der Waals surface area contributed by atoms with E-state index in [-0.39, 0.29) is 23.6 Å². The number of hydrogen-bond donors (Lipinski definition) is 3. The van der Waals surface area contributed by atoms with Crippen LogP contribution in [0.1, 0.15) is 18.9 Å². The Balaban J connectivity index is 1.56. The molecule has 128 valence electrons. The summed E-state index contributed by atoms with van der Waals surface area (Å²) in [5.41, 5.74) is 1.55. The lowest BCUT2D eigenvalue weighted by Crippen LogP contribution is -2.42. The van der Waals surface area contributed by atoms with Gasteiger partial charge in [0.25, 0.3) is 0 Å². The molecule has 0 unspecified atom stereocenters. The summed E-state index contributed by atoms with van der Waals surface area (Å²) in [4.78, 5) is 28.4. The molecule has 1 aromatic carbocycles. The monoisotopic (exact) mass is 329 g/mol. The number of aliphatic hydroxyl groups excluding tert-OH is 1. The smallest absolute Gasteiger partial charge is 0.248 e. The van der Waals surface area contributed by atoms with Gasteiger partial charge < -0.3 is 15.4 Å². The Kier molecular flexibility index (Phi) is 4.97. The number of rotatable bonds is 5. The third-order valence-corrected chi connectivity index (χ3v) is 4.34. The van der Waals surface area contributed by atoms with Gasteiger partial charge in [0.05, 0.1) is 12.5 Å². The number of benzene rings is 1. The summed E-state index contributed by atoms with van der Waals surface area (Å²) in [5, 5.41) is 13.5. The third kappa shape index (κ3) is 4.21. The molecule has 1 amide bonds. The number of nitrogens with zero attached hydrogens (tertiary/aromatic N) is 1. The number of carbonyl (C=O) groups is 1. The molecule has 1 aliphatic heterocycles. The summed E-state index contributed by atoms with van der Waals surface area (Å²) >= 11 is 0. The van der Waals surface area contributed by atoms with E-state index in [2.05, 4.69) is 15.2 Å². The molecule has 1 aromatic heterocycles. The Labute approximate surface area is 140 Å². The highest BCUT2D eigenvalue weighted by Crippen LogP contribution is 2.13. The summed E-state index contributed by atoms with van der Waals surface area (Å²) in [5.74, 6) is -0.0222. The van der Waals surface area contributed by atoms with Crippen LogP contribution < -0.4 is 10.9 Å². The minimum absolute atomic E-state index is 0.0222. The van der Waals surface area contributed by atoms with Crippen molar-refractivity contribution in [1.29, 1.82) is 0 Å². The highest BCUT2D eigenvalue weighted by Gasteiger charge is 2.22. The minimum atomic E-state index is -0.239. The van der Waals surface area contributed by atoms with Gasteiger partial charge in [-0.1, -0.05) is 6.07 Å². The number of fused-ring (bicyclic) bond motifs is 1. The van der Waals surface area contributed by atoms with E-state index < -0.39 is 0 Å². The lowest BCUT2D eigenvalue weighted by atomic mass is 10.1. The number of aromatic amines is 1. The molecule has 0 spiro atoms. The van der Waals surface area contributed by atoms with E-state index >= 15 is 0 Å². The number of carbonyl (C=O) groups excluding carboxylic acids is 1. The van der Waals surface area contributed by atoms with Crippen molar-refractivity contribution in [1.82, 2.24) is 15.2 Å². The SMILES string of the molecule is C[C@@H](CN1CC[C@H](O)C1)NC(=O)Cc1ccc2[nH]c(=O)ccc2c1. The van der Waals surface area contributed by atoms with E-state index in [1.165, 1.54) is 6.07 Å². The van der Waals surface area contributed by atoms with Crippen LogP contribution in [0, 0.1) is 0 Å². The summed E-state index contributed by atoms with van der Waals surface area (Å²) in [7, 11) is 0. The quantitative estimate of drug-likeness (QED) is 0.751. The summed E-state index contributed by atoms with van der Waals surface area (Å²) < 4.78 is 0. The fraction of sp³-hybridized carbons (Fsp3) is 0.444. The van der Waals surface area contributed by atoms with Crippen LogP contribution in [0.4, 0.5) is 0 Å². The first kappa shape index (κ1) is 16.7. The first-order chi connectivity index (χ1) is 11.5. The molecule has 0 bridgehead atoms. The molecule has 3 rings (SSSR count). The third-order valence-electron chi connectivity index (χ3n) is 4.34. The van der Waals surface area contributed by atoms with Crippen molar-refractivity contribution in [3.05, 3.63) is 46.2 Å². The molecule has 6 heteroatoms. The van der Waals surface area contributed by atoms with Gasteiger partial charge in [-0.25, -0.2) is 0 Å². The standard InChI is InChI=1S/C18H23N3O3/c1-12(10-21-7-6-15(22)11-21)19-18(24)9-13-2-4-16-14(8-13)3-5-17(23)20-16/h2-5,8,12,15,22H,6-7,9-11H2,1H3,(H,19,24)(H,20,23)/t12-,15-/m0/s1. The average molecular weight is 329 g/mol. The first-order valence-electron chi connectivity index (χ1n) is 8.31. The van der Waals surface area contributed by atoms with Crippen molar-refractivity contribution in [2.45, 2.75) is 31.9 Å². The second-order valence-corrected chi connectivity index (χ2v) is 6.59. The van der Waals surface area contributed by atoms with E-state index in [1.54, 1.807) is 6.07 Å². The van der Waals surface area contributed by atoms with Crippen molar-refractivity contribution in [3.8, 4) is 0 Å². The summed E-state index contributed by atoms with van der Waals surface area (Å²) in [6.07, 6.45) is 0.874. The number of likely N-dealkylation sites (tertiary alicyclic amines) is 1. The van der Waals surface area contributed by atoms with E-state index in [4.69, 9.17) is 0 Å². The van der Waals surface area contributed by atoms with E-state index in [0.717, 1.165) is 36.0 Å². The largest absolute Gasteiger partial charge is 0.392 e. The average Bonchev–Trinajstić information content (AvgIpc) is 2.92. The fourth-order valence-corrected chi connectivity index (χ4v) is 3.24. The molecule has 24 heavy (non-hydrogen) atoms. The fourth-order valence-electron chi connectivity index (χ4n) is 3.24. The van der Waals surface area contributed by atoms with Crippen LogP contribution in [0.15, 0.2) is 35.1 Å². The van der Waals surface area contributed by atoms with Gasteiger partial charge in [0.15, 0.2) is 0 Å².